The summed E-state index contributed by atoms with van der Waals surface area (Å²) in [4.78, 5) is 57.0. The van der Waals surface area contributed by atoms with E-state index in [1.54, 1.807) is 6.92 Å². The highest BCUT2D eigenvalue weighted by Gasteiger charge is 2.20. The number of phenols is 1. The van der Waals surface area contributed by atoms with Gasteiger partial charge in [0, 0.05) is 38.7 Å². The van der Waals surface area contributed by atoms with Crippen LogP contribution in [0.25, 0.3) is 10.9 Å². The Morgan fingerprint density at radius 3 is 2.11 bits per heavy atom. The standard InChI is InChI=1S/C21H26N2O10.C2H4O2/c1-11(6-19(28)32-9-30-12(2)24)22-8-18(27)14-4-5-17(26)20-15(14)7-16(23-20)21(29)33-10-31-13(3)25;1-2(3)4/h4-5,7,11,18,22-23,26-27H,6,8-10H2,1-3H3;1H3,(H,3,4). The van der Waals surface area contributed by atoms with Crippen molar-refractivity contribution >= 4 is 40.7 Å². The number of carbonyl (C=O) groups excluding carboxylic acids is 4. The highest BCUT2D eigenvalue weighted by Crippen LogP contribution is 2.31. The van der Waals surface area contributed by atoms with Crippen LogP contribution in [-0.4, -0.2) is 76.3 Å². The fourth-order valence-electron chi connectivity index (χ4n) is 2.85. The lowest BCUT2D eigenvalue weighted by Crippen LogP contribution is -2.33. The molecule has 0 bridgehead atoms. The molecule has 0 fully saturated rings. The number of phenolic OH excluding ortho intramolecular Hbond substituents is 1. The van der Waals surface area contributed by atoms with Crippen molar-refractivity contribution in [2.24, 2.45) is 0 Å². The number of hydrogen-bond donors (Lipinski definition) is 5. The number of esters is 4. The number of ether oxygens (including phenoxy) is 4. The Hall–Kier alpha value is -4.17. The monoisotopic (exact) mass is 526 g/mol. The zero-order valence-electron chi connectivity index (χ0n) is 20.7. The van der Waals surface area contributed by atoms with Crippen LogP contribution in [0.1, 0.15) is 56.3 Å². The van der Waals surface area contributed by atoms with E-state index in [1.807, 2.05) is 0 Å². The highest BCUT2D eigenvalue weighted by molar-refractivity contribution is 5.98. The molecule has 37 heavy (non-hydrogen) atoms. The lowest BCUT2D eigenvalue weighted by molar-refractivity contribution is -0.166. The van der Waals surface area contributed by atoms with E-state index in [0.29, 0.717) is 10.9 Å². The smallest absolute Gasteiger partial charge is 0.357 e. The third-order valence-electron chi connectivity index (χ3n) is 4.45. The van der Waals surface area contributed by atoms with Gasteiger partial charge in [0.15, 0.2) is 0 Å². The lowest BCUT2D eigenvalue weighted by atomic mass is 10.0. The van der Waals surface area contributed by atoms with Gasteiger partial charge in [0.2, 0.25) is 13.6 Å². The molecule has 0 aliphatic rings. The van der Waals surface area contributed by atoms with E-state index in [2.05, 4.69) is 19.8 Å². The first-order valence-electron chi connectivity index (χ1n) is 10.9. The molecule has 0 saturated heterocycles. The summed E-state index contributed by atoms with van der Waals surface area (Å²) < 4.78 is 18.7. The number of aromatic hydroxyl groups is 1. The van der Waals surface area contributed by atoms with Crippen LogP contribution in [0.3, 0.4) is 0 Å². The Bertz CT molecular complexity index is 1110. The average Bonchev–Trinajstić information content (AvgIpc) is 3.23. The van der Waals surface area contributed by atoms with Crippen molar-refractivity contribution in [3.8, 4) is 5.75 Å². The van der Waals surface area contributed by atoms with Gasteiger partial charge >= 0.3 is 23.9 Å². The Kier molecular flexibility index (Phi) is 12.6. The van der Waals surface area contributed by atoms with E-state index in [9.17, 15) is 29.4 Å². The number of carboxylic acid groups (broad SMARTS) is 1. The van der Waals surface area contributed by atoms with Crippen LogP contribution in [0.5, 0.6) is 5.75 Å². The van der Waals surface area contributed by atoms with E-state index >= 15 is 0 Å². The number of aliphatic carboxylic acids is 1. The number of hydrogen-bond acceptors (Lipinski definition) is 12. The van der Waals surface area contributed by atoms with Crippen LogP contribution >= 0.6 is 0 Å². The molecule has 1 aromatic carbocycles. The van der Waals surface area contributed by atoms with Gasteiger partial charge in [-0.3, -0.25) is 19.2 Å². The van der Waals surface area contributed by atoms with Crippen molar-refractivity contribution in [1.82, 2.24) is 10.3 Å². The molecule has 1 aromatic heterocycles. The van der Waals surface area contributed by atoms with Gasteiger partial charge in [-0.25, -0.2) is 4.79 Å². The molecule has 1 heterocycles. The molecule has 0 aliphatic heterocycles. The number of aromatic nitrogens is 1. The van der Waals surface area contributed by atoms with Gasteiger partial charge in [-0.2, -0.15) is 0 Å². The molecule has 14 heteroatoms. The third kappa shape index (κ3) is 11.4. The summed E-state index contributed by atoms with van der Waals surface area (Å²) in [6, 6.07) is 3.90. The summed E-state index contributed by atoms with van der Waals surface area (Å²) in [6.07, 6.45) is -1.07. The second kappa shape index (κ2) is 15.1. The van der Waals surface area contributed by atoms with Crippen molar-refractivity contribution in [2.75, 3.05) is 20.1 Å². The minimum atomic E-state index is -1.05. The summed E-state index contributed by atoms with van der Waals surface area (Å²) in [7, 11) is 0. The van der Waals surface area contributed by atoms with E-state index < -0.39 is 49.5 Å². The Morgan fingerprint density at radius 1 is 0.973 bits per heavy atom. The van der Waals surface area contributed by atoms with Crippen molar-refractivity contribution in [1.29, 1.82) is 0 Å². The number of carboxylic acids is 1. The minimum Gasteiger partial charge on any atom is -0.506 e. The topological polar surface area (TPSA) is 211 Å². The van der Waals surface area contributed by atoms with Crippen molar-refractivity contribution in [3.63, 3.8) is 0 Å². The zero-order valence-corrected chi connectivity index (χ0v) is 20.7. The molecule has 0 spiro atoms. The molecule has 5 N–H and O–H groups in total. The number of H-pyrrole nitrogens is 1. The van der Waals surface area contributed by atoms with Crippen LogP contribution in [0.15, 0.2) is 18.2 Å². The van der Waals surface area contributed by atoms with Gasteiger partial charge in [-0.05, 0) is 24.6 Å². The molecular weight excluding hydrogens is 496 g/mol. The summed E-state index contributed by atoms with van der Waals surface area (Å²) in [6.45, 7) is 4.18. The van der Waals surface area contributed by atoms with Crippen molar-refractivity contribution < 1.29 is 58.2 Å². The quantitative estimate of drug-likeness (QED) is 0.205. The number of nitrogens with one attached hydrogen (secondary N) is 2. The number of aliphatic hydroxyl groups excluding tert-OH is 1. The van der Waals surface area contributed by atoms with Gasteiger partial charge in [-0.15, -0.1) is 0 Å². The highest BCUT2D eigenvalue weighted by atomic mass is 16.7. The third-order valence-corrected chi connectivity index (χ3v) is 4.45. The molecule has 2 aromatic rings. The molecule has 0 amide bonds. The van der Waals surface area contributed by atoms with E-state index in [4.69, 9.17) is 19.4 Å². The molecule has 14 nitrogen and oxygen atoms in total. The van der Waals surface area contributed by atoms with Gasteiger partial charge in [0.05, 0.1) is 18.0 Å². The Labute approximate surface area is 211 Å². The van der Waals surface area contributed by atoms with Crippen LogP contribution in [-0.2, 0) is 38.1 Å². The fraction of sp³-hybridized carbons (Fsp3) is 0.435. The maximum Gasteiger partial charge on any atom is 0.357 e. The number of aliphatic hydroxyl groups is 1. The number of benzene rings is 1. The second-order valence-corrected chi connectivity index (χ2v) is 7.65. The number of rotatable bonds is 11. The molecule has 0 radical (unpaired) electrons. The van der Waals surface area contributed by atoms with Gasteiger partial charge in [-0.1, -0.05) is 6.07 Å². The Morgan fingerprint density at radius 2 is 1.54 bits per heavy atom. The average molecular weight is 526 g/mol. The zero-order chi connectivity index (χ0) is 28.1. The first-order chi connectivity index (χ1) is 17.3. The minimum absolute atomic E-state index is 0.0102. The van der Waals surface area contributed by atoms with Gasteiger partial charge < -0.3 is 44.6 Å². The Balaban J connectivity index is 0.00000159. The van der Waals surface area contributed by atoms with E-state index in [-0.39, 0.29) is 36.0 Å². The normalized spacial score (nSPS) is 11.9. The SMILES string of the molecule is CC(=O)O.CC(=O)OCOC(=O)CC(C)NCC(O)c1ccc(O)c2[nH]c(C(=O)OCOC(C)=O)cc12. The van der Waals surface area contributed by atoms with Crippen molar-refractivity contribution in [3.05, 3.63) is 29.5 Å². The van der Waals surface area contributed by atoms with E-state index in [0.717, 1.165) is 6.92 Å². The molecule has 204 valence electrons. The second-order valence-electron chi connectivity index (χ2n) is 7.65. The predicted octanol–water partition coefficient (Wildman–Crippen LogP) is 1.11. The van der Waals surface area contributed by atoms with Crippen LogP contribution in [0.4, 0.5) is 0 Å². The number of carbonyl (C=O) groups is 5. The molecular formula is C23H30N2O12. The molecule has 0 aliphatic carbocycles. The van der Waals surface area contributed by atoms with Crippen LogP contribution < -0.4 is 5.32 Å². The molecule has 2 unspecified atom stereocenters. The van der Waals surface area contributed by atoms with E-state index in [1.165, 1.54) is 32.0 Å². The maximum absolute atomic E-state index is 12.1. The summed E-state index contributed by atoms with van der Waals surface area (Å²) in [5.74, 6) is -3.55. The molecule has 2 rings (SSSR count). The van der Waals surface area contributed by atoms with Crippen LogP contribution in [0, 0.1) is 0 Å². The maximum atomic E-state index is 12.1. The number of aromatic amines is 1. The molecule has 2 atom stereocenters. The summed E-state index contributed by atoms with van der Waals surface area (Å²) in [5.41, 5.74) is 0.618. The fourth-order valence-corrected chi connectivity index (χ4v) is 2.85. The lowest BCUT2D eigenvalue weighted by Gasteiger charge is -2.18. The van der Waals surface area contributed by atoms with Gasteiger partial charge in [0.1, 0.15) is 11.4 Å². The van der Waals surface area contributed by atoms with Gasteiger partial charge in [0.25, 0.3) is 5.97 Å². The predicted molar refractivity (Wildman–Crippen MR) is 125 cm³/mol. The first-order valence-corrected chi connectivity index (χ1v) is 10.9. The van der Waals surface area contributed by atoms with Crippen molar-refractivity contribution in [2.45, 2.75) is 46.3 Å². The van der Waals surface area contributed by atoms with Crippen LogP contribution in [0.2, 0.25) is 0 Å². The summed E-state index contributed by atoms with van der Waals surface area (Å²) in [5, 5.41) is 31.5. The first kappa shape index (κ1) is 30.9. The molecule has 0 saturated carbocycles. The number of fused-ring (bicyclic) bond motifs is 1. The largest absolute Gasteiger partial charge is 0.506 e. The summed E-state index contributed by atoms with van der Waals surface area (Å²) >= 11 is 0.